The maximum absolute atomic E-state index is 9.60. The minimum Gasteiger partial charge on any atom is -0.390 e. The molecule has 2 aromatic heterocycles. The molecule has 0 radical (unpaired) electrons. The molecule has 19 heavy (non-hydrogen) atoms. The van der Waals surface area contributed by atoms with E-state index in [1.807, 2.05) is 16.0 Å². The lowest BCUT2D eigenvalue weighted by Crippen LogP contribution is -2.47. The van der Waals surface area contributed by atoms with E-state index >= 15 is 0 Å². The maximum Gasteiger partial charge on any atom is 0.195 e. The molecule has 0 bridgehead atoms. The van der Waals surface area contributed by atoms with Gasteiger partial charge in [0.1, 0.15) is 0 Å². The summed E-state index contributed by atoms with van der Waals surface area (Å²) in [5.41, 5.74) is 0.917. The van der Waals surface area contributed by atoms with Crippen molar-refractivity contribution in [1.82, 2.24) is 14.3 Å². The first-order valence-electron chi connectivity index (χ1n) is 6.86. The van der Waals surface area contributed by atoms with Gasteiger partial charge in [-0.25, -0.2) is 4.98 Å². The van der Waals surface area contributed by atoms with Gasteiger partial charge in [-0.2, -0.15) is 0 Å². The van der Waals surface area contributed by atoms with E-state index in [0.29, 0.717) is 0 Å². The van der Waals surface area contributed by atoms with Crippen molar-refractivity contribution in [2.24, 2.45) is 0 Å². The lowest BCUT2D eigenvalue weighted by atomic mass is 10.3. The van der Waals surface area contributed by atoms with Crippen LogP contribution in [0.1, 0.15) is 19.0 Å². The van der Waals surface area contributed by atoms with Crippen LogP contribution in [0.15, 0.2) is 11.6 Å². The third-order valence-corrected chi connectivity index (χ3v) is 4.46. The van der Waals surface area contributed by atoms with Crippen LogP contribution in [0.5, 0.6) is 0 Å². The highest BCUT2D eigenvalue weighted by Gasteiger charge is 2.22. The second-order valence-corrected chi connectivity index (χ2v) is 5.80. The molecule has 0 aromatic carbocycles. The molecule has 3 heterocycles. The first-order valence-corrected chi connectivity index (χ1v) is 7.74. The number of aliphatic hydroxyl groups is 1. The average Bonchev–Trinajstić information content (AvgIpc) is 3.00. The van der Waals surface area contributed by atoms with Gasteiger partial charge in [0.15, 0.2) is 10.8 Å². The predicted octanol–water partition coefficient (Wildman–Crippen LogP) is 1.42. The van der Waals surface area contributed by atoms with Gasteiger partial charge in [-0.1, -0.05) is 6.92 Å². The molecule has 0 spiro atoms. The first kappa shape index (κ1) is 12.9. The Bertz CT molecular complexity index is 542. The summed E-state index contributed by atoms with van der Waals surface area (Å²) in [5, 5.41) is 11.6. The summed E-state index contributed by atoms with van der Waals surface area (Å²) in [6, 6.07) is 0. The van der Waals surface area contributed by atoms with E-state index in [9.17, 15) is 5.11 Å². The summed E-state index contributed by atoms with van der Waals surface area (Å²) in [6.07, 6.45) is 3.19. The molecule has 6 heteroatoms. The van der Waals surface area contributed by atoms with Crippen molar-refractivity contribution in [3.05, 3.63) is 17.3 Å². The van der Waals surface area contributed by atoms with E-state index in [-0.39, 0.29) is 6.61 Å². The normalized spacial score (nSPS) is 17.5. The summed E-state index contributed by atoms with van der Waals surface area (Å²) < 4.78 is 2.00. The number of fused-ring (bicyclic) bond motifs is 1. The molecule has 0 atom stereocenters. The zero-order chi connectivity index (χ0) is 13.2. The molecule has 104 valence electrons. The van der Waals surface area contributed by atoms with Crippen molar-refractivity contribution in [2.45, 2.75) is 20.0 Å². The number of aromatic nitrogens is 2. The number of aliphatic hydroxyl groups excluding tert-OH is 1. The number of anilines is 1. The molecular formula is C13H20N4OS. The molecule has 0 saturated carbocycles. The molecule has 5 nitrogen and oxygen atoms in total. The van der Waals surface area contributed by atoms with Crippen molar-refractivity contribution in [3.8, 4) is 0 Å². The fraction of sp³-hybridized carbons (Fsp3) is 0.615. The van der Waals surface area contributed by atoms with Crippen LogP contribution in [0.25, 0.3) is 4.96 Å². The largest absolute Gasteiger partial charge is 0.390 e. The van der Waals surface area contributed by atoms with Gasteiger partial charge in [-0.3, -0.25) is 9.30 Å². The second-order valence-electron chi connectivity index (χ2n) is 4.92. The van der Waals surface area contributed by atoms with Gasteiger partial charge in [0.05, 0.1) is 12.3 Å². The van der Waals surface area contributed by atoms with Crippen molar-refractivity contribution in [3.63, 3.8) is 0 Å². The molecule has 1 aliphatic rings. The molecule has 1 N–H and O–H groups in total. The van der Waals surface area contributed by atoms with Crippen LogP contribution in [-0.2, 0) is 6.61 Å². The molecule has 0 amide bonds. The van der Waals surface area contributed by atoms with Crippen molar-refractivity contribution < 1.29 is 5.11 Å². The molecule has 2 aromatic rings. The number of imidazole rings is 1. The van der Waals surface area contributed by atoms with E-state index in [2.05, 4.69) is 21.7 Å². The van der Waals surface area contributed by atoms with Gasteiger partial charge in [-0.05, 0) is 13.0 Å². The van der Waals surface area contributed by atoms with Gasteiger partial charge in [0, 0.05) is 37.8 Å². The van der Waals surface area contributed by atoms with Crippen LogP contribution in [0.3, 0.4) is 0 Å². The van der Waals surface area contributed by atoms with Crippen LogP contribution in [0.2, 0.25) is 0 Å². The highest BCUT2D eigenvalue weighted by atomic mass is 32.1. The Labute approximate surface area is 117 Å². The standard InChI is InChI=1S/C13H20N4OS/c1-2-3-15-4-6-16(7-5-15)12-11(10-18)17-8-9-19-13(17)14-12/h8-9,18H,2-7,10H2,1H3. The summed E-state index contributed by atoms with van der Waals surface area (Å²) in [6.45, 7) is 7.62. The SMILES string of the molecule is CCCN1CCN(c2nc3sccn3c2CO)CC1. The number of hydrogen-bond acceptors (Lipinski definition) is 5. The number of thiazole rings is 1. The maximum atomic E-state index is 9.60. The number of piperazine rings is 1. The Balaban J connectivity index is 1.79. The molecular weight excluding hydrogens is 260 g/mol. The third-order valence-electron chi connectivity index (χ3n) is 3.70. The van der Waals surface area contributed by atoms with Crippen molar-refractivity contribution in [1.29, 1.82) is 0 Å². The smallest absolute Gasteiger partial charge is 0.195 e. The Morgan fingerprint density at radius 2 is 2.11 bits per heavy atom. The summed E-state index contributed by atoms with van der Waals surface area (Å²) in [5.74, 6) is 0.963. The average molecular weight is 280 g/mol. The Morgan fingerprint density at radius 3 is 2.79 bits per heavy atom. The molecule has 0 unspecified atom stereocenters. The van der Waals surface area contributed by atoms with E-state index in [1.54, 1.807) is 11.3 Å². The van der Waals surface area contributed by atoms with Gasteiger partial charge in [0.25, 0.3) is 0 Å². The first-order chi connectivity index (χ1) is 9.33. The summed E-state index contributed by atoms with van der Waals surface area (Å²) in [7, 11) is 0. The lowest BCUT2D eigenvalue weighted by molar-refractivity contribution is 0.255. The van der Waals surface area contributed by atoms with Crippen LogP contribution in [0.4, 0.5) is 5.82 Å². The van der Waals surface area contributed by atoms with Crippen LogP contribution in [-0.4, -0.2) is 52.1 Å². The minimum atomic E-state index is 0.0441. The van der Waals surface area contributed by atoms with Gasteiger partial charge < -0.3 is 10.0 Å². The highest BCUT2D eigenvalue weighted by molar-refractivity contribution is 7.15. The lowest BCUT2D eigenvalue weighted by Gasteiger charge is -2.35. The van der Waals surface area contributed by atoms with Crippen LogP contribution < -0.4 is 4.90 Å². The molecule has 1 fully saturated rings. The minimum absolute atomic E-state index is 0.0441. The third kappa shape index (κ3) is 2.35. The van der Waals surface area contributed by atoms with E-state index in [4.69, 9.17) is 0 Å². The van der Waals surface area contributed by atoms with Gasteiger partial charge >= 0.3 is 0 Å². The quantitative estimate of drug-likeness (QED) is 0.920. The molecule has 3 rings (SSSR count). The topological polar surface area (TPSA) is 44.0 Å². The Kier molecular flexibility index (Phi) is 3.72. The summed E-state index contributed by atoms with van der Waals surface area (Å²) in [4.78, 5) is 10.4. The molecule has 1 aliphatic heterocycles. The van der Waals surface area contributed by atoms with E-state index < -0.39 is 0 Å². The zero-order valence-electron chi connectivity index (χ0n) is 11.2. The molecule has 1 saturated heterocycles. The fourth-order valence-corrected chi connectivity index (χ4v) is 3.45. The molecule has 0 aliphatic carbocycles. The number of hydrogen-bond donors (Lipinski definition) is 1. The Morgan fingerprint density at radius 1 is 1.32 bits per heavy atom. The summed E-state index contributed by atoms with van der Waals surface area (Å²) >= 11 is 1.61. The highest BCUT2D eigenvalue weighted by Crippen LogP contribution is 2.25. The zero-order valence-corrected chi connectivity index (χ0v) is 12.1. The monoisotopic (exact) mass is 280 g/mol. The van der Waals surface area contributed by atoms with Gasteiger partial charge in [-0.15, -0.1) is 11.3 Å². The second kappa shape index (κ2) is 5.48. The predicted molar refractivity (Wildman–Crippen MR) is 77.9 cm³/mol. The van der Waals surface area contributed by atoms with Crippen molar-refractivity contribution in [2.75, 3.05) is 37.6 Å². The fourth-order valence-electron chi connectivity index (χ4n) is 2.72. The van der Waals surface area contributed by atoms with E-state index in [0.717, 1.165) is 42.7 Å². The number of nitrogens with zero attached hydrogens (tertiary/aromatic N) is 4. The Hall–Kier alpha value is -1.11. The number of rotatable bonds is 4. The van der Waals surface area contributed by atoms with Crippen LogP contribution >= 0.6 is 11.3 Å². The van der Waals surface area contributed by atoms with Crippen LogP contribution in [0, 0.1) is 0 Å². The van der Waals surface area contributed by atoms with E-state index in [1.165, 1.54) is 13.0 Å². The van der Waals surface area contributed by atoms with Gasteiger partial charge in [0.2, 0.25) is 0 Å². The van der Waals surface area contributed by atoms with Crippen molar-refractivity contribution >= 4 is 22.1 Å².